The maximum atomic E-state index is 15.5. The molecule has 2 aromatic carbocycles. The number of hydrogen-bond acceptors (Lipinski definition) is 5. The molecule has 4 aromatic rings. The summed E-state index contributed by atoms with van der Waals surface area (Å²) in [5.74, 6) is -1.69. The van der Waals surface area contributed by atoms with Crippen molar-refractivity contribution in [1.82, 2.24) is 29.4 Å². The van der Waals surface area contributed by atoms with Crippen LogP contribution in [0.5, 0.6) is 0 Å². The first kappa shape index (κ1) is 25.0. The van der Waals surface area contributed by atoms with Gasteiger partial charge in [-0.3, -0.25) is 23.7 Å². The van der Waals surface area contributed by atoms with Gasteiger partial charge in [0.15, 0.2) is 0 Å². The van der Waals surface area contributed by atoms with Crippen LogP contribution in [-0.2, 0) is 28.0 Å². The first-order chi connectivity index (χ1) is 18.5. The van der Waals surface area contributed by atoms with Gasteiger partial charge in [0, 0.05) is 61.8 Å². The number of nitrogens with zero attached hydrogens (tertiary/aromatic N) is 6. The predicted octanol–water partition coefficient (Wildman–Crippen LogP) is 3.00. The third kappa shape index (κ3) is 4.12. The van der Waals surface area contributed by atoms with Gasteiger partial charge in [0.05, 0.1) is 22.9 Å². The number of benzene rings is 2. The first-order valence-electron chi connectivity index (χ1n) is 12.9. The molecule has 0 atom stereocenters. The van der Waals surface area contributed by atoms with Crippen LogP contribution >= 0.6 is 0 Å². The summed E-state index contributed by atoms with van der Waals surface area (Å²) in [6.45, 7) is 2.49. The van der Waals surface area contributed by atoms with Crippen LogP contribution in [0.4, 0.5) is 4.39 Å². The molecule has 0 bridgehead atoms. The summed E-state index contributed by atoms with van der Waals surface area (Å²) in [4.78, 5) is 38.7. The van der Waals surface area contributed by atoms with Crippen molar-refractivity contribution in [1.29, 1.82) is 0 Å². The summed E-state index contributed by atoms with van der Waals surface area (Å²) in [6.07, 6.45) is 3.34. The van der Waals surface area contributed by atoms with E-state index in [0.717, 1.165) is 47.4 Å². The van der Waals surface area contributed by atoms with Gasteiger partial charge >= 0.3 is 5.97 Å². The number of aromatic nitrogens is 4. The quantitative estimate of drug-likeness (QED) is 0.409. The fraction of sp³-hybridized carbons (Fsp3) is 0.393. The maximum Gasteiger partial charge on any atom is 0.323 e. The Morgan fingerprint density at radius 3 is 2.59 bits per heavy atom. The molecule has 2 amide bonds. The lowest BCUT2D eigenvalue weighted by atomic mass is 9.56. The van der Waals surface area contributed by atoms with Crippen LogP contribution < -0.4 is 0 Å². The summed E-state index contributed by atoms with van der Waals surface area (Å²) >= 11 is 0. The highest BCUT2D eigenvalue weighted by Crippen LogP contribution is 2.57. The average Bonchev–Trinajstić information content (AvgIpc) is 3.36. The fourth-order valence-electron chi connectivity index (χ4n) is 6.23. The van der Waals surface area contributed by atoms with Gasteiger partial charge in [-0.15, -0.1) is 0 Å². The van der Waals surface area contributed by atoms with Crippen LogP contribution in [0.25, 0.3) is 32.9 Å². The summed E-state index contributed by atoms with van der Waals surface area (Å²) < 4.78 is 18.8. The molecule has 11 heteroatoms. The number of halogens is 1. The molecule has 1 spiro atoms. The van der Waals surface area contributed by atoms with E-state index in [1.807, 2.05) is 30.1 Å². The van der Waals surface area contributed by atoms with E-state index in [0.29, 0.717) is 22.0 Å². The van der Waals surface area contributed by atoms with Crippen LogP contribution in [0.15, 0.2) is 36.5 Å². The van der Waals surface area contributed by atoms with Crippen molar-refractivity contribution in [2.24, 2.45) is 12.5 Å². The van der Waals surface area contributed by atoms with E-state index >= 15 is 4.39 Å². The number of carbonyl (C=O) groups excluding carboxylic acids is 2. The molecule has 202 valence electrons. The van der Waals surface area contributed by atoms with E-state index in [2.05, 4.69) is 5.10 Å². The highest BCUT2D eigenvalue weighted by Gasteiger charge is 2.54. The van der Waals surface area contributed by atoms with Crippen LogP contribution in [0, 0.1) is 11.2 Å². The van der Waals surface area contributed by atoms with Gasteiger partial charge in [-0.1, -0.05) is 12.1 Å². The lowest BCUT2D eigenvalue weighted by Crippen LogP contribution is -2.62. The Kier molecular flexibility index (Phi) is 5.70. The summed E-state index contributed by atoms with van der Waals surface area (Å²) in [5.41, 5.74) is 3.46. The number of aryl methyl sites for hydroxylation is 1. The van der Waals surface area contributed by atoms with E-state index in [4.69, 9.17) is 10.2 Å². The molecule has 0 radical (unpaired) electrons. The second-order valence-electron chi connectivity index (χ2n) is 11.0. The standard InChI is InChI=1S/C28H29FN6O4/c1-16(36)34-14-28(15-34)9-18(10-28)27-26-19(20-8-23-17(7-21(20)29)11-30-33(23)3)5-4-6-22(26)35(31-27)12-24(37)32(2)13-25(38)39/h4-8,11,18H,9-10,12-15H2,1-3H3,(H,38,39). The normalized spacial score (nSPS) is 16.5. The molecular weight excluding hydrogens is 503 g/mol. The Morgan fingerprint density at radius 2 is 1.90 bits per heavy atom. The molecule has 2 aliphatic rings. The molecular formula is C28H29FN6O4. The number of carboxylic acid groups (broad SMARTS) is 1. The zero-order valence-electron chi connectivity index (χ0n) is 22.0. The fourth-order valence-corrected chi connectivity index (χ4v) is 6.23. The van der Waals surface area contributed by atoms with Crippen molar-refractivity contribution >= 4 is 39.6 Å². The molecule has 1 N–H and O–H groups in total. The minimum atomic E-state index is -1.10. The van der Waals surface area contributed by atoms with Crippen LogP contribution in [-0.4, -0.2) is 78.9 Å². The number of carboxylic acids is 1. The molecule has 2 fully saturated rings. The van der Waals surface area contributed by atoms with Crippen molar-refractivity contribution in [3.63, 3.8) is 0 Å². The Morgan fingerprint density at radius 1 is 1.15 bits per heavy atom. The second-order valence-corrected chi connectivity index (χ2v) is 11.0. The molecule has 6 rings (SSSR count). The van der Waals surface area contributed by atoms with Crippen LogP contribution in [0.3, 0.4) is 0 Å². The van der Waals surface area contributed by atoms with Gasteiger partial charge in [0.25, 0.3) is 0 Å². The number of likely N-dealkylation sites (N-methyl/N-ethyl adjacent to an activating group) is 1. The second kappa shape index (κ2) is 8.89. The highest BCUT2D eigenvalue weighted by atomic mass is 19.1. The number of rotatable bonds is 6. The van der Waals surface area contributed by atoms with Crippen molar-refractivity contribution in [2.45, 2.75) is 32.2 Å². The van der Waals surface area contributed by atoms with E-state index in [1.54, 1.807) is 28.6 Å². The SMILES string of the molecule is CC(=O)N1CC2(CC(c3nn(CC(=O)N(C)CC(=O)O)c4cccc(-c5cc6c(cnn6C)cc5F)c34)C2)C1. The van der Waals surface area contributed by atoms with E-state index in [1.165, 1.54) is 13.1 Å². The Balaban J connectivity index is 1.43. The van der Waals surface area contributed by atoms with Crippen molar-refractivity contribution in [3.05, 3.63) is 48.0 Å². The van der Waals surface area contributed by atoms with Crippen LogP contribution in [0.1, 0.15) is 31.4 Å². The lowest BCUT2D eigenvalue weighted by Gasteiger charge is -2.58. The molecule has 1 saturated heterocycles. The topological polar surface area (TPSA) is 114 Å². The van der Waals surface area contributed by atoms with Gasteiger partial charge < -0.3 is 14.9 Å². The van der Waals surface area contributed by atoms with E-state index < -0.39 is 12.5 Å². The van der Waals surface area contributed by atoms with E-state index in [9.17, 15) is 14.4 Å². The summed E-state index contributed by atoms with van der Waals surface area (Å²) in [6, 6.07) is 8.81. The molecule has 39 heavy (non-hydrogen) atoms. The summed E-state index contributed by atoms with van der Waals surface area (Å²) in [5, 5.41) is 19.7. The molecule has 1 aliphatic carbocycles. The zero-order valence-corrected chi connectivity index (χ0v) is 22.0. The summed E-state index contributed by atoms with van der Waals surface area (Å²) in [7, 11) is 3.25. The van der Waals surface area contributed by atoms with Crippen LogP contribution in [0.2, 0.25) is 0 Å². The number of fused-ring (bicyclic) bond motifs is 2. The number of hydrogen-bond donors (Lipinski definition) is 1. The third-order valence-electron chi connectivity index (χ3n) is 8.26. The average molecular weight is 533 g/mol. The monoisotopic (exact) mass is 532 g/mol. The molecule has 0 unspecified atom stereocenters. The zero-order chi connectivity index (χ0) is 27.6. The third-order valence-corrected chi connectivity index (χ3v) is 8.26. The number of amides is 2. The minimum Gasteiger partial charge on any atom is -0.480 e. The molecule has 1 saturated carbocycles. The number of carbonyl (C=O) groups is 3. The highest BCUT2D eigenvalue weighted by molar-refractivity contribution is 6.00. The van der Waals surface area contributed by atoms with Gasteiger partial charge in [0.2, 0.25) is 11.8 Å². The lowest BCUT2D eigenvalue weighted by molar-refractivity contribution is -0.149. The van der Waals surface area contributed by atoms with E-state index in [-0.39, 0.29) is 35.5 Å². The molecule has 2 aromatic heterocycles. The van der Waals surface area contributed by atoms with Crippen molar-refractivity contribution in [3.8, 4) is 11.1 Å². The van der Waals surface area contributed by atoms with Gasteiger partial charge in [-0.05, 0) is 36.6 Å². The minimum absolute atomic E-state index is 0.0751. The van der Waals surface area contributed by atoms with Crippen molar-refractivity contribution < 1.29 is 23.9 Å². The first-order valence-corrected chi connectivity index (χ1v) is 12.9. The largest absolute Gasteiger partial charge is 0.480 e. The van der Waals surface area contributed by atoms with Crippen molar-refractivity contribution in [2.75, 3.05) is 26.7 Å². The molecule has 10 nitrogen and oxygen atoms in total. The molecule has 3 heterocycles. The molecule has 1 aliphatic heterocycles. The maximum absolute atomic E-state index is 15.5. The Hall–Kier alpha value is -4.28. The Bertz CT molecular complexity index is 1660. The van der Waals surface area contributed by atoms with Gasteiger partial charge in [-0.2, -0.15) is 10.2 Å². The number of aliphatic carboxylic acids is 1. The smallest absolute Gasteiger partial charge is 0.323 e. The Labute approximate surface area is 223 Å². The predicted molar refractivity (Wildman–Crippen MR) is 141 cm³/mol. The number of likely N-dealkylation sites (tertiary alicyclic amines) is 1. The van der Waals surface area contributed by atoms with Gasteiger partial charge in [0.1, 0.15) is 18.9 Å². The van der Waals surface area contributed by atoms with Gasteiger partial charge in [-0.25, -0.2) is 4.39 Å².